The maximum Gasteiger partial charge on any atom is 0.269 e. The van der Waals surface area contributed by atoms with Gasteiger partial charge in [-0.1, -0.05) is 89.8 Å². The number of rotatable bonds is 3. The van der Waals surface area contributed by atoms with Gasteiger partial charge in [-0.05, 0) is 55.7 Å². The van der Waals surface area contributed by atoms with Gasteiger partial charge in [-0.2, -0.15) is 0 Å². The Labute approximate surface area is 200 Å². The summed E-state index contributed by atoms with van der Waals surface area (Å²) in [5.74, 6) is 6.40. The number of benzene rings is 4. The molecule has 4 heteroatoms. The maximum absolute atomic E-state index is 14.0. The molecule has 0 atom stereocenters. The first-order valence-corrected chi connectivity index (χ1v) is 12.5. The van der Waals surface area contributed by atoms with Crippen molar-refractivity contribution in [2.75, 3.05) is 0 Å². The molecule has 0 amide bonds. The Bertz CT molecular complexity index is 1650. The normalized spacial score (nSPS) is 11.2. The van der Waals surface area contributed by atoms with Gasteiger partial charge in [0, 0.05) is 16.5 Å². The molecular weight excluding hydrogens is 438 g/mol. The van der Waals surface area contributed by atoms with E-state index < -0.39 is 10.0 Å². The monoisotopic (exact) mass is 461 g/mol. The molecule has 0 aliphatic heterocycles. The van der Waals surface area contributed by atoms with Crippen molar-refractivity contribution in [2.24, 2.45) is 0 Å². The molecule has 0 aliphatic carbocycles. The standard InChI is InChI=1S/C30H23NO2S/c1-22-12-17-25(18-13-22)30-27-10-6-7-11-28(27)31(29(30)21-16-24-8-4-3-5-9-24)34(32,33)26-19-14-23(2)15-20-26/h3-15,17-20H,1-2H3. The van der Waals surface area contributed by atoms with Gasteiger partial charge in [0.15, 0.2) is 0 Å². The number of hydrogen-bond acceptors (Lipinski definition) is 2. The molecule has 1 aromatic heterocycles. The van der Waals surface area contributed by atoms with Crippen LogP contribution in [-0.4, -0.2) is 12.4 Å². The zero-order chi connectivity index (χ0) is 23.7. The van der Waals surface area contributed by atoms with Crippen LogP contribution >= 0.6 is 0 Å². The quantitative estimate of drug-likeness (QED) is 0.285. The maximum atomic E-state index is 14.0. The van der Waals surface area contributed by atoms with Gasteiger partial charge in [-0.25, -0.2) is 12.4 Å². The van der Waals surface area contributed by atoms with E-state index in [1.807, 2.05) is 105 Å². The molecule has 5 rings (SSSR count). The molecule has 0 saturated heterocycles. The third kappa shape index (κ3) is 3.91. The molecule has 0 aliphatic rings. The molecule has 1 heterocycles. The van der Waals surface area contributed by atoms with Crippen molar-refractivity contribution in [1.29, 1.82) is 0 Å². The van der Waals surface area contributed by atoms with E-state index in [9.17, 15) is 8.42 Å². The van der Waals surface area contributed by atoms with Gasteiger partial charge in [-0.15, -0.1) is 0 Å². The molecular formula is C30H23NO2S. The minimum absolute atomic E-state index is 0.233. The zero-order valence-corrected chi connectivity index (χ0v) is 19.8. The summed E-state index contributed by atoms with van der Waals surface area (Å²) in [6, 6.07) is 32.2. The smallest absolute Gasteiger partial charge is 0.225 e. The molecule has 4 aromatic carbocycles. The Balaban J connectivity index is 1.87. The highest BCUT2D eigenvalue weighted by atomic mass is 32.2. The lowest BCUT2D eigenvalue weighted by atomic mass is 10.0. The number of fused-ring (bicyclic) bond motifs is 1. The van der Waals surface area contributed by atoms with Crippen LogP contribution in [0.1, 0.15) is 22.4 Å². The van der Waals surface area contributed by atoms with Gasteiger partial charge in [0.25, 0.3) is 10.0 Å². The first-order chi connectivity index (χ1) is 16.4. The average Bonchev–Trinajstić information content (AvgIpc) is 3.19. The van der Waals surface area contributed by atoms with Crippen molar-refractivity contribution in [3.8, 4) is 23.0 Å². The Kier molecular flexibility index (Phi) is 5.57. The van der Waals surface area contributed by atoms with Gasteiger partial charge in [0.2, 0.25) is 0 Å². The Morgan fingerprint density at radius 1 is 0.647 bits per heavy atom. The fourth-order valence-electron chi connectivity index (χ4n) is 4.06. The lowest BCUT2D eigenvalue weighted by Crippen LogP contribution is -2.15. The third-order valence-electron chi connectivity index (χ3n) is 5.83. The molecule has 0 unspecified atom stereocenters. The van der Waals surface area contributed by atoms with Crippen molar-refractivity contribution in [2.45, 2.75) is 18.7 Å². The molecule has 3 nitrogen and oxygen atoms in total. The first kappa shape index (κ1) is 21.8. The highest BCUT2D eigenvalue weighted by Gasteiger charge is 2.26. The average molecular weight is 462 g/mol. The molecule has 0 fully saturated rings. The number of aryl methyl sites for hydroxylation is 2. The van der Waals surface area contributed by atoms with Crippen LogP contribution in [0.15, 0.2) is 108 Å². The van der Waals surface area contributed by atoms with Gasteiger partial charge < -0.3 is 0 Å². The van der Waals surface area contributed by atoms with E-state index in [0.717, 1.165) is 33.2 Å². The minimum Gasteiger partial charge on any atom is -0.225 e. The van der Waals surface area contributed by atoms with Gasteiger partial charge in [0.05, 0.1) is 10.4 Å². The molecule has 0 saturated carbocycles. The van der Waals surface area contributed by atoms with E-state index in [1.54, 1.807) is 12.1 Å². The molecule has 34 heavy (non-hydrogen) atoms. The van der Waals surface area contributed by atoms with Gasteiger partial charge in [-0.3, -0.25) is 0 Å². The fraction of sp³-hybridized carbons (Fsp3) is 0.0667. The minimum atomic E-state index is -3.90. The lowest BCUT2D eigenvalue weighted by molar-refractivity contribution is 0.588. The number of hydrogen-bond donors (Lipinski definition) is 0. The van der Waals surface area contributed by atoms with Crippen molar-refractivity contribution in [3.05, 3.63) is 126 Å². The summed E-state index contributed by atoms with van der Waals surface area (Å²) in [6.07, 6.45) is 0. The molecule has 0 spiro atoms. The van der Waals surface area contributed by atoms with E-state index in [1.165, 1.54) is 3.97 Å². The lowest BCUT2D eigenvalue weighted by Gasteiger charge is -2.10. The third-order valence-corrected chi connectivity index (χ3v) is 7.56. The summed E-state index contributed by atoms with van der Waals surface area (Å²) in [4.78, 5) is 0.233. The van der Waals surface area contributed by atoms with E-state index in [0.29, 0.717) is 11.2 Å². The van der Waals surface area contributed by atoms with Crippen LogP contribution in [0.5, 0.6) is 0 Å². The number of para-hydroxylation sites is 1. The summed E-state index contributed by atoms with van der Waals surface area (Å²) in [5.41, 5.74) is 5.76. The first-order valence-electron chi connectivity index (χ1n) is 11.0. The predicted octanol–water partition coefficient (Wildman–Crippen LogP) is 6.56. The zero-order valence-electron chi connectivity index (χ0n) is 19.0. The second-order valence-corrected chi connectivity index (χ2v) is 10.1. The summed E-state index contributed by atoms with van der Waals surface area (Å²) < 4.78 is 29.4. The van der Waals surface area contributed by atoms with Gasteiger partial charge >= 0.3 is 0 Å². The number of aromatic nitrogens is 1. The largest absolute Gasteiger partial charge is 0.269 e. The Morgan fingerprint density at radius 2 is 1.24 bits per heavy atom. The van der Waals surface area contributed by atoms with Crippen LogP contribution in [0.4, 0.5) is 0 Å². The number of nitrogens with zero attached hydrogens (tertiary/aromatic N) is 1. The summed E-state index contributed by atoms with van der Waals surface area (Å²) in [7, 11) is -3.90. The van der Waals surface area contributed by atoms with Crippen molar-refractivity contribution < 1.29 is 8.42 Å². The molecule has 0 bridgehead atoms. The molecule has 5 aromatic rings. The van der Waals surface area contributed by atoms with E-state index in [-0.39, 0.29) is 4.90 Å². The second-order valence-electron chi connectivity index (χ2n) is 8.31. The van der Waals surface area contributed by atoms with Crippen LogP contribution in [0, 0.1) is 25.7 Å². The highest BCUT2D eigenvalue weighted by Crippen LogP contribution is 2.37. The van der Waals surface area contributed by atoms with Crippen molar-refractivity contribution in [3.63, 3.8) is 0 Å². The second kappa shape index (κ2) is 8.70. The Morgan fingerprint density at radius 3 is 1.91 bits per heavy atom. The topological polar surface area (TPSA) is 39.1 Å². The van der Waals surface area contributed by atoms with Gasteiger partial charge in [0.1, 0.15) is 5.69 Å². The van der Waals surface area contributed by atoms with E-state index in [2.05, 4.69) is 11.8 Å². The Hall–Kier alpha value is -4.07. The molecule has 0 N–H and O–H groups in total. The van der Waals surface area contributed by atoms with Crippen LogP contribution in [-0.2, 0) is 10.0 Å². The van der Waals surface area contributed by atoms with Crippen molar-refractivity contribution in [1.82, 2.24) is 3.97 Å². The van der Waals surface area contributed by atoms with Crippen LogP contribution in [0.3, 0.4) is 0 Å². The van der Waals surface area contributed by atoms with Crippen LogP contribution < -0.4 is 0 Å². The van der Waals surface area contributed by atoms with E-state index in [4.69, 9.17) is 0 Å². The van der Waals surface area contributed by atoms with Crippen LogP contribution in [0.25, 0.3) is 22.0 Å². The van der Waals surface area contributed by atoms with Crippen LogP contribution in [0.2, 0.25) is 0 Å². The summed E-state index contributed by atoms with van der Waals surface area (Å²) >= 11 is 0. The summed E-state index contributed by atoms with van der Waals surface area (Å²) in [5, 5.41) is 0.847. The predicted molar refractivity (Wildman–Crippen MR) is 138 cm³/mol. The van der Waals surface area contributed by atoms with Crippen molar-refractivity contribution >= 4 is 20.9 Å². The van der Waals surface area contributed by atoms with E-state index >= 15 is 0 Å². The molecule has 166 valence electrons. The fourth-order valence-corrected chi connectivity index (χ4v) is 5.54. The molecule has 0 radical (unpaired) electrons. The SMILES string of the molecule is Cc1ccc(-c2c(C#Cc3ccccc3)n(S(=O)(=O)c3ccc(C)cc3)c3ccccc23)cc1. The highest BCUT2D eigenvalue weighted by molar-refractivity contribution is 7.90. The summed E-state index contributed by atoms with van der Waals surface area (Å²) in [6.45, 7) is 3.97.